The standard InChI is InChI=1S/C20H18F3N3O/c1-26-19(13-3-6-15(7-4-13)27-20(21,22)23)17-9-5-14-10-12(11-24)2-8-16(14)18(17)25-26/h2-4,6-8,10H,5,9,11,24H2,1H3. The van der Waals surface area contributed by atoms with Crippen molar-refractivity contribution in [3.05, 3.63) is 59.2 Å². The molecule has 0 saturated carbocycles. The van der Waals surface area contributed by atoms with Crippen molar-refractivity contribution in [1.82, 2.24) is 9.78 Å². The first-order chi connectivity index (χ1) is 12.9. The second kappa shape index (κ2) is 6.42. The minimum Gasteiger partial charge on any atom is -0.406 e. The fourth-order valence-corrected chi connectivity index (χ4v) is 3.67. The highest BCUT2D eigenvalue weighted by atomic mass is 19.4. The quantitative estimate of drug-likeness (QED) is 0.748. The Morgan fingerprint density at radius 3 is 2.52 bits per heavy atom. The number of fused-ring (bicyclic) bond motifs is 3. The van der Waals surface area contributed by atoms with Crippen LogP contribution in [0.15, 0.2) is 42.5 Å². The first-order valence-corrected chi connectivity index (χ1v) is 8.60. The number of benzene rings is 2. The topological polar surface area (TPSA) is 53.1 Å². The van der Waals surface area contributed by atoms with Crippen LogP contribution in [0.2, 0.25) is 0 Å². The van der Waals surface area contributed by atoms with Gasteiger partial charge in [0.1, 0.15) is 5.75 Å². The third-order valence-corrected chi connectivity index (χ3v) is 4.81. The van der Waals surface area contributed by atoms with Crippen molar-refractivity contribution in [2.45, 2.75) is 25.7 Å². The molecule has 0 amide bonds. The Morgan fingerprint density at radius 1 is 1.11 bits per heavy atom. The zero-order valence-electron chi connectivity index (χ0n) is 14.7. The van der Waals surface area contributed by atoms with E-state index in [9.17, 15) is 13.2 Å². The summed E-state index contributed by atoms with van der Waals surface area (Å²) in [5.74, 6) is -0.234. The Morgan fingerprint density at radius 2 is 1.85 bits per heavy atom. The molecule has 1 aromatic heterocycles. The van der Waals surface area contributed by atoms with Crippen molar-refractivity contribution >= 4 is 0 Å². The molecule has 0 aliphatic heterocycles. The van der Waals surface area contributed by atoms with Crippen LogP contribution < -0.4 is 10.5 Å². The molecule has 0 bridgehead atoms. The minimum absolute atomic E-state index is 0.234. The van der Waals surface area contributed by atoms with Gasteiger partial charge in [0, 0.05) is 30.3 Å². The Labute approximate surface area is 154 Å². The number of halogens is 3. The normalized spacial score (nSPS) is 13.2. The van der Waals surface area contributed by atoms with Gasteiger partial charge < -0.3 is 10.5 Å². The van der Waals surface area contributed by atoms with Crippen molar-refractivity contribution in [3.8, 4) is 28.3 Å². The van der Waals surface area contributed by atoms with Crippen LogP contribution in [0.1, 0.15) is 16.7 Å². The van der Waals surface area contributed by atoms with Gasteiger partial charge in [0.05, 0.1) is 11.4 Å². The molecule has 4 rings (SSSR count). The van der Waals surface area contributed by atoms with Crippen LogP contribution in [0.5, 0.6) is 5.75 Å². The zero-order valence-corrected chi connectivity index (χ0v) is 14.7. The van der Waals surface area contributed by atoms with E-state index in [4.69, 9.17) is 5.73 Å². The predicted molar refractivity (Wildman–Crippen MR) is 96.1 cm³/mol. The van der Waals surface area contributed by atoms with E-state index in [1.54, 1.807) is 16.8 Å². The lowest BCUT2D eigenvalue weighted by Crippen LogP contribution is -2.16. The zero-order chi connectivity index (χ0) is 19.2. The summed E-state index contributed by atoms with van der Waals surface area (Å²) >= 11 is 0. The van der Waals surface area contributed by atoms with Gasteiger partial charge in [0.2, 0.25) is 0 Å². The van der Waals surface area contributed by atoms with Gasteiger partial charge >= 0.3 is 6.36 Å². The van der Waals surface area contributed by atoms with Crippen molar-refractivity contribution in [2.75, 3.05) is 0 Å². The van der Waals surface area contributed by atoms with Gasteiger partial charge in [-0.05, 0) is 48.2 Å². The van der Waals surface area contributed by atoms with Gasteiger partial charge in [-0.1, -0.05) is 18.2 Å². The van der Waals surface area contributed by atoms with Crippen LogP contribution in [0.3, 0.4) is 0 Å². The summed E-state index contributed by atoms with van der Waals surface area (Å²) in [5, 5.41) is 4.68. The van der Waals surface area contributed by atoms with Gasteiger partial charge in [-0.2, -0.15) is 5.10 Å². The van der Waals surface area contributed by atoms with E-state index in [-0.39, 0.29) is 5.75 Å². The van der Waals surface area contributed by atoms with Crippen LogP contribution in [0, 0.1) is 0 Å². The number of aromatic nitrogens is 2. The molecule has 4 nitrogen and oxygen atoms in total. The summed E-state index contributed by atoms with van der Waals surface area (Å²) < 4.78 is 42.8. The molecule has 1 aliphatic carbocycles. The second-order valence-corrected chi connectivity index (χ2v) is 6.57. The molecular weight excluding hydrogens is 355 g/mol. The average Bonchev–Trinajstić information content (AvgIpc) is 2.97. The van der Waals surface area contributed by atoms with Crippen molar-refractivity contribution in [3.63, 3.8) is 0 Å². The number of rotatable bonds is 3. The number of nitrogens with two attached hydrogens (primary N) is 1. The summed E-state index contributed by atoms with van der Waals surface area (Å²) in [4.78, 5) is 0. The largest absolute Gasteiger partial charge is 0.573 e. The highest BCUT2D eigenvalue weighted by molar-refractivity contribution is 5.78. The maximum Gasteiger partial charge on any atom is 0.573 e. The maximum atomic E-state index is 12.4. The predicted octanol–water partition coefficient (Wildman–Crippen LogP) is 4.21. The highest BCUT2D eigenvalue weighted by Crippen LogP contribution is 2.39. The monoisotopic (exact) mass is 373 g/mol. The van der Waals surface area contributed by atoms with E-state index < -0.39 is 6.36 Å². The van der Waals surface area contributed by atoms with E-state index in [2.05, 4.69) is 15.9 Å². The Bertz CT molecular complexity index is 991. The highest BCUT2D eigenvalue weighted by Gasteiger charge is 2.31. The first kappa shape index (κ1) is 17.6. The lowest BCUT2D eigenvalue weighted by molar-refractivity contribution is -0.274. The molecule has 140 valence electrons. The molecule has 0 fully saturated rings. The number of nitrogens with zero attached hydrogens (tertiary/aromatic N) is 2. The van der Waals surface area contributed by atoms with Crippen LogP contribution in [-0.2, 0) is 26.4 Å². The molecule has 1 heterocycles. The number of ether oxygens (including phenoxy) is 1. The molecule has 7 heteroatoms. The molecule has 0 spiro atoms. The third-order valence-electron chi connectivity index (χ3n) is 4.81. The molecule has 27 heavy (non-hydrogen) atoms. The van der Waals surface area contributed by atoms with Crippen molar-refractivity contribution in [2.24, 2.45) is 12.8 Å². The Hall–Kier alpha value is -2.80. The van der Waals surface area contributed by atoms with Crippen LogP contribution in [-0.4, -0.2) is 16.1 Å². The second-order valence-electron chi connectivity index (χ2n) is 6.57. The molecular formula is C20H18F3N3O. The molecule has 0 radical (unpaired) electrons. The molecule has 2 aromatic carbocycles. The van der Waals surface area contributed by atoms with Crippen molar-refractivity contribution in [1.29, 1.82) is 0 Å². The smallest absolute Gasteiger partial charge is 0.406 e. The Balaban J connectivity index is 1.73. The van der Waals surface area contributed by atoms with Crippen LogP contribution in [0.25, 0.3) is 22.5 Å². The van der Waals surface area contributed by atoms with E-state index in [0.717, 1.165) is 46.5 Å². The van der Waals surface area contributed by atoms with Gasteiger partial charge in [0.15, 0.2) is 0 Å². The minimum atomic E-state index is -4.70. The molecule has 1 aliphatic rings. The average molecular weight is 373 g/mol. The van der Waals surface area contributed by atoms with E-state index in [1.807, 2.05) is 19.2 Å². The summed E-state index contributed by atoms with van der Waals surface area (Å²) in [7, 11) is 1.85. The van der Waals surface area contributed by atoms with E-state index in [0.29, 0.717) is 6.54 Å². The maximum absolute atomic E-state index is 12.4. The number of hydrogen-bond acceptors (Lipinski definition) is 3. The van der Waals surface area contributed by atoms with Gasteiger partial charge in [-0.25, -0.2) is 0 Å². The summed E-state index contributed by atoms with van der Waals surface area (Å²) in [6, 6.07) is 12.1. The van der Waals surface area contributed by atoms with Crippen LogP contribution >= 0.6 is 0 Å². The molecule has 2 N–H and O–H groups in total. The van der Waals surface area contributed by atoms with Crippen LogP contribution in [0.4, 0.5) is 13.2 Å². The summed E-state index contributed by atoms with van der Waals surface area (Å²) in [5.41, 5.74) is 12.9. The van der Waals surface area contributed by atoms with Gasteiger partial charge in [0.25, 0.3) is 0 Å². The Kier molecular flexibility index (Phi) is 4.19. The molecule has 0 saturated heterocycles. The van der Waals surface area contributed by atoms with Gasteiger partial charge in [-0.3, -0.25) is 4.68 Å². The lowest BCUT2D eigenvalue weighted by atomic mass is 9.87. The SMILES string of the molecule is Cn1nc2c(c1-c1ccc(OC(F)(F)F)cc1)CCc1cc(CN)ccc1-2. The molecule has 0 atom stereocenters. The third kappa shape index (κ3) is 3.30. The molecule has 3 aromatic rings. The van der Waals surface area contributed by atoms with E-state index in [1.165, 1.54) is 17.7 Å². The van der Waals surface area contributed by atoms with E-state index >= 15 is 0 Å². The fraction of sp³-hybridized carbons (Fsp3) is 0.250. The van der Waals surface area contributed by atoms with Crippen molar-refractivity contribution < 1.29 is 17.9 Å². The first-order valence-electron chi connectivity index (χ1n) is 8.60. The number of aryl methyl sites for hydroxylation is 2. The van der Waals surface area contributed by atoms with Gasteiger partial charge in [-0.15, -0.1) is 13.2 Å². The fourth-order valence-electron chi connectivity index (χ4n) is 3.67. The molecule has 0 unspecified atom stereocenters. The summed E-state index contributed by atoms with van der Waals surface area (Å²) in [6.07, 6.45) is -3.00. The number of alkyl halides is 3. The lowest BCUT2D eigenvalue weighted by Gasteiger charge is -2.17. The summed E-state index contributed by atoms with van der Waals surface area (Å²) in [6.45, 7) is 0.500. The number of hydrogen-bond donors (Lipinski definition) is 1.